The molecular formula is C22H20F3N5O4. The van der Waals surface area contributed by atoms with E-state index in [0.717, 1.165) is 22.5 Å². The molecule has 2 fully saturated rings. The van der Waals surface area contributed by atoms with Gasteiger partial charge in [0, 0.05) is 11.9 Å². The normalized spacial score (nSPS) is 24.0. The molecule has 0 bridgehead atoms. The van der Waals surface area contributed by atoms with Crippen molar-refractivity contribution in [3.8, 4) is 0 Å². The van der Waals surface area contributed by atoms with Gasteiger partial charge in [-0.05, 0) is 57.2 Å². The summed E-state index contributed by atoms with van der Waals surface area (Å²) in [5, 5.41) is 6.92. The van der Waals surface area contributed by atoms with Crippen LogP contribution >= 0.6 is 0 Å². The first-order chi connectivity index (χ1) is 15.9. The average molecular weight is 475 g/mol. The fourth-order valence-electron chi connectivity index (χ4n) is 4.28. The van der Waals surface area contributed by atoms with Crippen LogP contribution in [-0.2, 0) is 25.2 Å². The number of carbonyl (C=O) groups excluding carboxylic acids is 2. The van der Waals surface area contributed by atoms with Crippen molar-refractivity contribution in [2.24, 2.45) is 0 Å². The highest BCUT2D eigenvalue weighted by molar-refractivity contribution is 6.10. The van der Waals surface area contributed by atoms with Crippen LogP contribution in [0.2, 0.25) is 0 Å². The predicted molar refractivity (Wildman–Crippen MR) is 113 cm³/mol. The van der Waals surface area contributed by atoms with E-state index in [0.29, 0.717) is 0 Å². The van der Waals surface area contributed by atoms with Crippen molar-refractivity contribution in [2.75, 3.05) is 10.2 Å². The van der Waals surface area contributed by atoms with Gasteiger partial charge >= 0.3 is 6.18 Å². The third kappa shape index (κ3) is 3.78. The van der Waals surface area contributed by atoms with E-state index in [9.17, 15) is 22.8 Å². The average Bonchev–Trinajstić information content (AvgIpc) is 3.39. The second-order valence-corrected chi connectivity index (χ2v) is 8.61. The van der Waals surface area contributed by atoms with E-state index in [1.807, 2.05) is 6.07 Å². The Labute approximate surface area is 191 Å². The Morgan fingerprint density at radius 1 is 1.18 bits per heavy atom. The SMILES string of the molecule is Cc1cc(C(F)(F)F)cc(N2C(=O)[C@H]3OC(C)(C)O[C@H]3[C@H]2C(=O)Nc2ccc3cccn3n2)n1. The van der Waals surface area contributed by atoms with Gasteiger partial charge in [-0.2, -0.15) is 18.3 Å². The minimum atomic E-state index is -4.66. The molecule has 0 unspecified atom stereocenters. The van der Waals surface area contributed by atoms with E-state index in [1.54, 1.807) is 42.8 Å². The lowest BCUT2D eigenvalue weighted by molar-refractivity contribution is -0.161. The Hall–Kier alpha value is -3.51. The Morgan fingerprint density at radius 2 is 1.94 bits per heavy atom. The third-order valence-corrected chi connectivity index (χ3v) is 5.62. The molecule has 0 saturated carbocycles. The number of aromatic nitrogens is 3. The zero-order valence-corrected chi connectivity index (χ0v) is 18.3. The number of nitrogens with zero attached hydrogens (tertiary/aromatic N) is 4. The molecule has 34 heavy (non-hydrogen) atoms. The highest BCUT2D eigenvalue weighted by Crippen LogP contribution is 2.41. The highest BCUT2D eigenvalue weighted by Gasteiger charge is 2.61. The maximum atomic E-state index is 13.4. The molecule has 0 radical (unpaired) electrons. The molecule has 12 heteroatoms. The smallest absolute Gasteiger partial charge is 0.341 e. The van der Waals surface area contributed by atoms with Crippen molar-refractivity contribution in [3.05, 3.63) is 53.9 Å². The number of hydrogen-bond donors (Lipinski definition) is 1. The van der Waals surface area contributed by atoms with Crippen molar-refractivity contribution in [1.29, 1.82) is 0 Å². The number of halogens is 3. The molecule has 2 amide bonds. The fourth-order valence-corrected chi connectivity index (χ4v) is 4.28. The van der Waals surface area contributed by atoms with Crippen LogP contribution in [0.5, 0.6) is 0 Å². The van der Waals surface area contributed by atoms with Crippen molar-refractivity contribution < 1.29 is 32.2 Å². The zero-order valence-electron chi connectivity index (χ0n) is 18.3. The first kappa shape index (κ1) is 22.3. The molecule has 9 nitrogen and oxygen atoms in total. The van der Waals surface area contributed by atoms with Crippen LogP contribution in [0.1, 0.15) is 25.1 Å². The molecule has 3 aromatic heterocycles. The number of amides is 2. The number of ether oxygens (including phenoxy) is 2. The number of nitrogens with one attached hydrogen (secondary N) is 1. The summed E-state index contributed by atoms with van der Waals surface area (Å²) in [5.41, 5.74) is -0.148. The van der Waals surface area contributed by atoms with E-state index in [1.165, 1.54) is 6.92 Å². The van der Waals surface area contributed by atoms with Crippen molar-refractivity contribution in [2.45, 2.75) is 51.0 Å². The zero-order chi connectivity index (χ0) is 24.4. The summed E-state index contributed by atoms with van der Waals surface area (Å²) < 4.78 is 53.4. The number of fused-ring (bicyclic) bond motifs is 2. The molecular weight excluding hydrogens is 455 g/mol. The lowest BCUT2D eigenvalue weighted by atomic mass is 10.1. The van der Waals surface area contributed by atoms with Gasteiger partial charge in [0.05, 0.1) is 11.1 Å². The van der Waals surface area contributed by atoms with Gasteiger partial charge in [0.25, 0.3) is 11.8 Å². The highest BCUT2D eigenvalue weighted by atomic mass is 19.4. The van der Waals surface area contributed by atoms with Crippen LogP contribution in [0.15, 0.2) is 42.6 Å². The number of alkyl halides is 3. The molecule has 0 aromatic carbocycles. The first-order valence-corrected chi connectivity index (χ1v) is 10.4. The Kier molecular flexibility index (Phi) is 4.92. The number of anilines is 2. The summed E-state index contributed by atoms with van der Waals surface area (Å²) in [6, 6.07) is 7.19. The van der Waals surface area contributed by atoms with Crippen molar-refractivity contribution in [3.63, 3.8) is 0 Å². The summed E-state index contributed by atoms with van der Waals surface area (Å²) >= 11 is 0. The molecule has 5 heterocycles. The topological polar surface area (TPSA) is 98.1 Å². The van der Waals surface area contributed by atoms with Crippen LogP contribution in [0.4, 0.5) is 24.8 Å². The quantitative estimate of drug-likeness (QED) is 0.626. The maximum Gasteiger partial charge on any atom is 0.416 e. The number of carbonyl (C=O) groups is 2. The molecule has 3 aromatic rings. The van der Waals surface area contributed by atoms with Gasteiger partial charge in [-0.25, -0.2) is 9.50 Å². The summed E-state index contributed by atoms with van der Waals surface area (Å²) in [6.07, 6.45) is -5.21. The van der Waals surface area contributed by atoms with E-state index in [-0.39, 0.29) is 17.3 Å². The summed E-state index contributed by atoms with van der Waals surface area (Å²) in [7, 11) is 0. The van der Waals surface area contributed by atoms with Crippen LogP contribution in [0.3, 0.4) is 0 Å². The third-order valence-electron chi connectivity index (χ3n) is 5.62. The molecule has 178 valence electrons. The molecule has 0 aliphatic carbocycles. The first-order valence-electron chi connectivity index (χ1n) is 10.4. The van der Waals surface area contributed by atoms with Gasteiger partial charge in [0.15, 0.2) is 17.7 Å². The van der Waals surface area contributed by atoms with Gasteiger partial charge in [-0.15, -0.1) is 0 Å². The van der Waals surface area contributed by atoms with Crippen molar-refractivity contribution >= 4 is 29.0 Å². The summed E-state index contributed by atoms with van der Waals surface area (Å²) in [5.74, 6) is -2.69. The molecule has 2 aliphatic heterocycles. The number of rotatable bonds is 3. The minimum Gasteiger partial charge on any atom is -0.341 e. The van der Waals surface area contributed by atoms with E-state index >= 15 is 0 Å². The monoisotopic (exact) mass is 475 g/mol. The minimum absolute atomic E-state index is 0.0377. The van der Waals surface area contributed by atoms with Crippen LogP contribution in [-0.4, -0.2) is 50.4 Å². The molecule has 1 N–H and O–H groups in total. The lowest BCUT2D eigenvalue weighted by Crippen LogP contribution is -2.48. The number of pyridine rings is 1. The van der Waals surface area contributed by atoms with Gasteiger partial charge in [-0.3, -0.25) is 14.5 Å². The van der Waals surface area contributed by atoms with E-state index < -0.39 is 47.6 Å². The summed E-state index contributed by atoms with van der Waals surface area (Å²) in [4.78, 5) is 31.7. The Balaban J connectivity index is 1.54. The number of hydrogen-bond acceptors (Lipinski definition) is 6. The second-order valence-electron chi connectivity index (χ2n) is 8.61. The summed E-state index contributed by atoms with van der Waals surface area (Å²) in [6.45, 7) is 4.56. The van der Waals surface area contributed by atoms with Crippen LogP contribution < -0.4 is 10.2 Å². The standard InChI is InChI=1S/C22H20F3N5O4/c1-11-9-12(22(23,24)25)10-15(26-11)30-16(17-18(20(30)32)34-21(2,3)33-17)19(31)27-14-7-6-13-5-4-8-29(13)28-14/h4-10,16-18H,1-3H3,(H,27,28,31)/t16-,17-,18-/m0/s1. The fraction of sp³-hybridized carbons (Fsp3) is 0.364. The Morgan fingerprint density at radius 3 is 2.68 bits per heavy atom. The van der Waals surface area contributed by atoms with Crippen molar-refractivity contribution in [1.82, 2.24) is 14.6 Å². The predicted octanol–water partition coefficient (Wildman–Crippen LogP) is 2.93. The molecule has 2 saturated heterocycles. The molecule has 3 atom stereocenters. The van der Waals surface area contributed by atoms with Gasteiger partial charge in [0.1, 0.15) is 18.0 Å². The second kappa shape index (κ2) is 7.50. The van der Waals surface area contributed by atoms with Gasteiger partial charge in [0.2, 0.25) is 0 Å². The molecule has 2 aliphatic rings. The molecule has 5 rings (SSSR count). The lowest BCUT2D eigenvalue weighted by Gasteiger charge is -2.28. The van der Waals surface area contributed by atoms with Crippen LogP contribution in [0.25, 0.3) is 5.52 Å². The van der Waals surface area contributed by atoms with Crippen LogP contribution in [0, 0.1) is 6.92 Å². The Bertz CT molecular complexity index is 1310. The largest absolute Gasteiger partial charge is 0.416 e. The van der Waals surface area contributed by atoms with E-state index in [4.69, 9.17) is 9.47 Å². The van der Waals surface area contributed by atoms with Gasteiger partial charge in [-0.1, -0.05) is 0 Å². The van der Waals surface area contributed by atoms with Gasteiger partial charge < -0.3 is 14.8 Å². The maximum absolute atomic E-state index is 13.4. The number of aryl methyl sites for hydroxylation is 1. The van der Waals surface area contributed by atoms with E-state index in [2.05, 4.69) is 15.4 Å². The molecule has 0 spiro atoms.